The lowest BCUT2D eigenvalue weighted by Crippen LogP contribution is -2.57. The molecule has 3 aliphatic rings. The molecule has 5 atom stereocenters. The van der Waals surface area contributed by atoms with Crippen LogP contribution in [0.4, 0.5) is 0 Å². The molecular formula is C47H55N5O8S. The maximum absolute atomic E-state index is 15.0. The van der Waals surface area contributed by atoms with Gasteiger partial charge in [-0.3, -0.25) is 23.9 Å². The van der Waals surface area contributed by atoms with Crippen LogP contribution in [0, 0.1) is 17.3 Å². The number of sulfonamides is 1. The van der Waals surface area contributed by atoms with Crippen molar-refractivity contribution in [1.82, 2.24) is 24.8 Å². The van der Waals surface area contributed by atoms with E-state index in [1.54, 1.807) is 37.4 Å². The van der Waals surface area contributed by atoms with Crippen LogP contribution in [-0.4, -0.2) is 91.3 Å². The van der Waals surface area contributed by atoms with E-state index in [0.717, 1.165) is 24.8 Å². The Morgan fingerprint density at radius 2 is 1.66 bits per heavy atom. The number of likely N-dealkylation sites (tertiary alicyclic amines) is 2. The molecule has 322 valence electrons. The summed E-state index contributed by atoms with van der Waals surface area (Å²) in [7, 11) is -2.56. The maximum atomic E-state index is 15.0. The molecule has 0 radical (unpaired) electrons. The molecule has 3 heterocycles. The van der Waals surface area contributed by atoms with Gasteiger partial charge in [-0.05, 0) is 48.8 Å². The number of nitrogens with one attached hydrogen (secondary N) is 2. The van der Waals surface area contributed by atoms with Crippen molar-refractivity contribution in [3.63, 3.8) is 0 Å². The number of carbonyl (C=O) groups is 4. The number of ether oxygens (including phenoxy) is 2. The van der Waals surface area contributed by atoms with Crippen molar-refractivity contribution in [2.24, 2.45) is 17.3 Å². The molecular weight excluding hydrogens is 795 g/mol. The van der Waals surface area contributed by atoms with Crippen molar-refractivity contribution in [3.8, 4) is 22.8 Å². The second-order valence-electron chi connectivity index (χ2n) is 17.5. The molecule has 2 aliphatic heterocycles. The van der Waals surface area contributed by atoms with Gasteiger partial charge in [0, 0.05) is 54.9 Å². The van der Waals surface area contributed by atoms with Crippen LogP contribution < -0.4 is 19.5 Å². The largest absolute Gasteiger partial charge is 0.497 e. The first kappa shape index (κ1) is 43.3. The second-order valence-corrected chi connectivity index (χ2v) is 19.2. The summed E-state index contributed by atoms with van der Waals surface area (Å²) in [6.07, 6.45) is 3.84. The Kier molecular flexibility index (Phi) is 12.6. The predicted molar refractivity (Wildman–Crippen MR) is 233 cm³/mol. The van der Waals surface area contributed by atoms with Crippen molar-refractivity contribution < 1.29 is 37.1 Å². The number of carbonyl (C=O) groups excluding carboxylic acids is 4. The number of piperidine rings is 1. The van der Waals surface area contributed by atoms with Gasteiger partial charge in [0.25, 0.3) is 5.91 Å². The number of benzene rings is 3. The number of amides is 4. The number of rotatable bonds is 14. The van der Waals surface area contributed by atoms with Crippen molar-refractivity contribution >= 4 is 44.6 Å². The molecule has 4 amide bonds. The lowest BCUT2D eigenvalue weighted by atomic mass is 9.77. The van der Waals surface area contributed by atoms with Crippen molar-refractivity contribution in [2.75, 3.05) is 26.7 Å². The topological polar surface area (TPSA) is 164 Å². The summed E-state index contributed by atoms with van der Waals surface area (Å²) >= 11 is 0. The van der Waals surface area contributed by atoms with Gasteiger partial charge < -0.3 is 24.6 Å². The van der Waals surface area contributed by atoms with E-state index in [-0.39, 0.29) is 37.6 Å². The van der Waals surface area contributed by atoms with Gasteiger partial charge in [-0.15, -0.1) is 6.58 Å². The van der Waals surface area contributed by atoms with Crippen molar-refractivity contribution in [2.45, 2.75) is 82.7 Å². The Morgan fingerprint density at radius 1 is 0.967 bits per heavy atom. The Bertz CT molecular complexity index is 2400. The molecule has 4 aromatic rings. The van der Waals surface area contributed by atoms with Crippen LogP contribution in [0.25, 0.3) is 22.2 Å². The van der Waals surface area contributed by atoms with Crippen LogP contribution in [0.15, 0.2) is 97.6 Å². The summed E-state index contributed by atoms with van der Waals surface area (Å²) in [5.74, 6) is -2.66. The highest BCUT2D eigenvalue weighted by Crippen LogP contribution is 2.45. The van der Waals surface area contributed by atoms with Gasteiger partial charge in [-0.2, -0.15) is 0 Å². The molecule has 3 fully saturated rings. The molecule has 1 aliphatic carbocycles. The maximum Gasteiger partial charge on any atom is 0.259 e. The summed E-state index contributed by atoms with van der Waals surface area (Å²) in [6.45, 7) is 10.9. The minimum Gasteiger partial charge on any atom is -0.497 e. The number of hydrogen-bond acceptors (Lipinski definition) is 9. The Balaban J connectivity index is 1.20. The summed E-state index contributed by atoms with van der Waals surface area (Å²) < 4.78 is 40.9. The highest BCUT2D eigenvalue weighted by molar-refractivity contribution is 7.89. The summed E-state index contributed by atoms with van der Waals surface area (Å²) in [5.41, 5.74) is 0.368. The normalized spacial score (nSPS) is 21.9. The standard InChI is InChI=1S/C47H55N5O8S/c1-6-33-28-47(33,45(56)50-61(57,58)30-31-16-10-7-11-17-31)49-43(54)40-25-35(29-52(40)44(55)37(46(2,3)4)26-42(53)51-22-14-9-15-23-51)60-41-27-38(32-18-12-8-13-19-32)48-39-24-34(59-5)20-21-36(39)41/h6-8,10-13,16-21,24,27,33,35,37,40H,1,9,14-15,22-23,25-26,28-30H2,2-5H3,(H,49,54)(H,50,56)/t33-,35-,37?,40+,47-/m1/s1. The Hall–Kier alpha value is -5.76. The first-order valence-electron chi connectivity index (χ1n) is 20.9. The molecule has 61 heavy (non-hydrogen) atoms. The molecule has 0 bridgehead atoms. The van der Waals surface area contributed by atoms with E-state index in [4.69, 9.17) is 14.5 Å². The molecule has 2 N–H and O–H groups in total. The first-order chi connectivity index (χ1) is 29.1. The molecule has 13 nitrogen and oxygen atoms in total. The first-order valence-corrected chi connectivity index (χ1v) is 22.6. The molecule has 1 aromatic heterocycles. The zero-order chi connectivity index (χ0) is 43.5. The molecule has 3 aromatic carbocycles. The van der Waals surface area contributed by atoms with Crippen LogP contribution in [-0.2, 0) is 35.0 Å². The zero-order valence-electron chi connectivity index (χ0n) is 35.3. The summed E-state index contributed by atoms with van der Waals surface area (Å²) in [6, 6.07) is 24.3. The van der Waals surface area contributed by atoms with E-state index in [9.17, 15) is 27.6 Å². The molecule has 1 saturated carbocycles. The predicted octanol–water partition coefficient (Wildman–Crippen LogP) is 6.03. The van der Waals surface area contributed by atoms with Gasteiger partial charge >= 0.3 is 0 Å². The van der Waals surface area contributed by atoms with E-state index < -0.39 is 62.5 Å². The smallest absolute Gasteiger partial charge is 0.259 e. The highest BCUT2D eigenvalue weighted by atomic mass is 32.2. The summed E-state index contributed by atoms with van der Waals surface area (Å²) in [4.78, 5) is 65.5. The minimum atomic E-state index is -4.14. The van der Waals surface area contributed by atoms with Crippen molar-refractivity contribution in [1.29, 1.82) is 0 Å². The third-order valence-electron chi connectivity index (χ3n) is 12.1. The van der Waals surface area contributed by atoms with Crippen LogP contribution in [0.3, 0.4) is 0 Å². The Labute approximate surface area is 357 Å². The molecule has 7 rings (SSSR count). The van der Waals surface area contributed by atoms with Gasteiger partial charge in [0.15, 0.2) is 0 Å². The molecule has 0 spiro atoms. The van der Waals surface area contributed by atoms with Crippen molar-refractivity contribution in [3.05, 3.63) is 103 Å². The number of pyridine rings is 1. The third kappa shape index (κ3) is 9.75. The monoisotopic (exact) mass is 849 g/mol. The van der Waals surface area contributed by atoms with Gasteiger partial charge in [0.2, 0.25) is 27.7 Å². The van der Waals surface area contributed by atoms with Gasteiger partial charge in [0.05, 0.1) is 36.5 Å². The minimum absolute atomic E-state index is 0.0115. The SMILES string of the molecule is C=C[C@@H]1C[C@]1(NC(=O)[C@@H]1C[C@@H](Oc2cc(-c3ccccc3)nc3cc(OC)ccc23)CN1C(=O)C(CC(=O)N1CCCCC1)C(C)(C)C)C(=O)NS(=O)(=O)Cc1ccccc1. The summed E-state index contributed by atoms with van der Waals surface area (Å²) in [5, 5.41) is 3.57. The molecule has 14 heteroatoms. The van der Waals surface area contributed by atoms with Gasteiger partial charge in [0.1, 0.15) is 29.2 Å². The number of nitrogens with zero attached hydrogens (tertiary/aromatic N) is 3. The Morgan fingerprint density at radius 3 is 2.30 bits per heavy atom. The number of methoxy groups -OCH3 is 1. The fourth-order valence-corrected chi connectivity index (χ4v) is 9.69. The van der Waals surface area contributed by atoms with Gasteiger partial charge in [-0.1, -0.05) is 87.5 Å². The lowest BCUT2D eigenvalue weighted by molar-refractivity contribution is -0.148. The number of hydrogen-bond donors (Lipinski definition) is 2. The fraction of sp³-hybridized carbons (Fsp3) is 0.426. The highest BCUT2D eigenvalue weighted by Gasteiger charge is 2.61. The third-order valence-corrected chi connectivity index (χ3v) is 13.3. The average molecular weight is 850 g/mol. The van der Waals surface area contributed by atoms with Crippen LogP contribution >= 0.6 is 0 Å². The van der Waals surface area contributed by atoms with Crippen LogP contribution in [0.2, 0.25) is 0 Å². The zero-order valence-corrected chi connectivity index (χ0v) is 36.1. The second kappa shape index (κ2) is 17.7. The number of aromatic nitrogens is 1. The fourth-order valence-electron chi connectivity index (χ4n) is 8.52. The van der Waals surface area contributed by atoms with E-state index in [1.165, 1.54) is 11.0 Å². The lowest BCUT2D eigenvalue weighted by Gasteiger charge is -2.36. The van der Waals surface area contributed by atoms with Gasteiger partial charge in [-0.25, -0.2) is 13.4 Å². The van der Waals surface area contributed by atoms with E-state index in [1.807, 2.05) is 80.3 Å². The molecule has 2 saturated heterocycles. The van der Waals surface area contributed by atoms with E-state index in [0.29, 0.717) is 46.7 Å². The van der Waals surface area contributed by atoms with Crippen LogP contribution in [0.1, 0.15) is 64.9 Å². The quantitative estimate of drug-likeness (QED) is 0.144. The average Bonchev–Trinajstić information content (AvgIpc) is 3.81. The van der Waals surface area contributed by atoms with E-state index in [2.05, 4.69) is 16.6 Å². The molecule has 1 unspecified atom stereocenters. The van der Waals surface area contributed by atoms with E-state index >= 15 is 0 Å². The number of fused-ring (bicyclic) bond motifs is 1. The van der Waals surface area contributed by atoms with Crippen LogP contribution in [0.5, 0.6) is 11.5 Å².